The molecule has 0 unspecified atom stereocenters. The van der Waals surface area contributed by atoms with E-state index in [0.29, 0.717) is 22.5 Å². The number of hydrazone groups is 1. The van der Waals surface area contributed by atoms with Crippen molar-refractivity contribution in [3.63, 3.8) is 0 Å². The molecule has 4 heteroatoms. The van der Waals surface area contributed by atoms with E-state index in [2.05, 4.69) is 59.6 Å². The van der Waals surface area contributed by atoms with Gasteiger partial charge in [0.2, 0.25) is 0 Å². The van der Waals surface area contributed by atoms with Gasteiger partial charge >= 0.3 is 0 Å². The van der Waals surface area contributed by atoms with Gasteiger partial charge in [0.25, 0.3) is 0 Å². The van der Waals surface area contributed by atoms with Gasteiger partial charge in [0, 0.05) is 19.4 Å². The topological polar surface area (TPSA) is 24.8 Å². The van der Waals surface area contributed by atoms with E-state index < -0.39 is 8.07 Å². The van der Waals surface area contributed by atoms with Gasteiger partial charge in [-0.25, -0.2) is 0 Å². The second-order valence-electron chi connectivity index (χ2n) is 10.3. The summed E-state index contributed by atoms with van der Waals surface area (Å²) in [7, 11) is 0.312. The van der Waals surface area contributed by atoms with E-state index in [-0.39, 0.29) is 0 Å². The molecule has 1 fully saturated rings. The number of rotatable bonds is 10. The molecule has 0 spiro atoms. The van der Waals surface area contributed by atoms with Crippen LogP contribution in [0.4, 0.5) is 0 Å². The summed E-state index contributed by atoms with van der Waals surface area (Å²) in [5, 5.41) is 8.11. The van der Waals surface area contributed by atoms with Crippen LogP contribution < -0.4 is 0 Å². The van der Waals surface area contributed by atoms with E-state index in [9.17, 15) is 0 Å². The van der Waals surface area contributed by atoms with Crippen molar-refractivity contribution in [3.05, 3.63) is 0 Å². The lowest BCUT2D eigenvalue weighted by molar-refractivity contribution is 0.117. The maximum atomic E-state index is 5.46. The lowest BCUT2D eigenvalue weighted by Gasteiger charge is -2.44. The molecule has 0 aromatic heterocycles. The average Bonchev–Trinajstić information content (AvgIpc) is 2.93. The van der Waals surface area contributed by atoms with Gasteiger partial charge in [0.1, 0.15) is 0 Å². The molecule has 0 aromatic carbocycles. The second kappa shape index (κ2) is 10.3. The van der Waals surface area contributed by atoms with Crippen LogP contribution in [0.5, 0.6) is 0 Å². The Morgan fingerprint density at radius 1 is 1.27 bits per heavy atom. The minimum Gasteiger partial charge on any atom is -0.382 e. The molecule has 3 nitrogen and oxygen atoms in total. The first-order chi connectivity index (χ1) is 12.0. The molecule has 0 aliphatic carbocycles. The van der Waals surface area contributed by atoms with Crippen LogP contribution in [0.15, 0.2) is 5.10 Å². The third kappa shape index (κ3) is 6.37. The Hall–Kier alpha value is -0.353. The number of hydrogen-bond acceptors (Lipinski definition) is 3. The van der Waals surface area contributed by atoms with Crippen LogP contribution in [0, 0.1) is 5.92 Å². The molecule has 1 heterocycles. The maximum Gasteiger partial charge on any atom is 0.0704 e. The van der Waals surface area contributed by atoms with Gasteiger partial charge in [-0.3, -0.25) is 5.01 Å². The third-order valence-electron chi connectivity index (χ3n) is 6.63. The van der Waals surface area contributed by atoms with E-state index in [0.717, 1.165) is 19.6 Å². The molecule has 0 aromatic rings. The molecule has 1 aliphatic heterocycles. The molecule has 0 saturated carbocycles. The monoisotopic (exact) mass is 382 g/mol. The molecule has 154 valence electrons. The van der Waals surface area contributed by atoms with E-state index in [1.54, 1.807) is 0 Å². The molecule has 1 aliphatic rings. The van der Waals surface area contributed by atoms with Crippen LogP contribution in [0.1, 0.15) is 80.1 Å². The van der Waals surface area contributed by atoms with Crippen LogP contribution in [0.25, 0.3) is 0 Å². The summed E-state index contributed by atoms with van der Waals surface area (Å²) >= 11 is 0. The number of methoxy groups -OCH3 is 1. The van der Waals surface area contributed by atoms with Gasteiger partial charge < -0.3 is 4.74 Å². The fourth-order valence-corrected chi connectivity index (χ4v) is 7.00. The van der Waals surface area contributed by atoms with Crippen LogP contribution in [-0.4, -0.2) is 45.1 Å². The fraction of sp³-hybridized carbons (Fsp3) is 0.955. The van der Waals surface area contributed by atoms with Crippen molar-refractivity contribution in [2.24, 2.45) is 11.0 Å². The Morgan fingerprint density at radius 2 is 1.92 bits per heavy atom. The van der Waals surface area contributed by atoms with Crippen molar-refractivity contribution in [2.45, 2.75) is 110 Å². The number of ether oxygens (including phenoxy) is 1. The summed E-state index contributed by atoms with van der Waals surface area (Å²) in [4.78, 5) is 0. The standard InChI is InChI=1S/C22H46N2OSi/c1-10-11-14-21(26(8,9)22(4,5)6)20(16-18(2)3)23-24-15-12-13-19(24)17-25-7/h18-19,21H,10-17H2,1-9H3/t19-,21-/m0/s1. The second-order valence-corrected chi connectivity index (χ2v) is 15.9. The maximum absolute atomic E-state index is 5.46. The first kappa shape index (κ1) is 23.7. The van der Waals surface area contributed by atoms with Crippen LogP contribution >= 0.6 is 0 Å². The van der Waals surface area contributed by atoms with E-state index >= 15 is 0 Å². The summed E-state index contributed by atoms with van der Waals surface area (Å²) in [6.45, 7) is 21.4. The lowest BCUT2D eigenvalue weighted by atomic mass is 10.0. The van der Waals surface area contributed by atoms with Crippen LogP contribution in [-0.2, 0) is 4.74 Å². The van der Waals surface area contributed by atoms with Crippen molar-refractivity contribution < 1.29 is 4.74 Å². The summed E-state index contributed by atoms with van der Waals surface area (Å²) in [5.41, 5.74) is 2.16. The largest absolute Gasteiger partial charge is 0.382 e. The highest BCUT2D eigenvalue weighted by Crippen LogP contribution is 2.47. The van der Waals surface area contributed by atoms with Gasteiger partial charge in [0.15, 0.2) is 0 Å². The predicted molar refractivity (Wildman–Crippen MR) is 119 cm³/mol. The zero-order chi connectivity index (χ0) is 20.0. The molecule has 2 atom stereocenters. The van der Waals surface area contributed by atoms with E-state index in [1.807, 2.05) is 7.11 Å². The Kier molecular flexibility index (Phi) is 9.35. The minimum absolute atomic E-state index is 0.389. The molecule has 1 rings (SSSR count). The Bertz CT molecular complexity index is 440. The molecular weight excluding hydrogens is 336 g/mol. The van der Waals surface area contributed by atoms with Gasteiger partial charge in [-0.1, -0.05) is 67.5 Å². The van der Waals surface area contributed by atoms with E-state index in [1.165, 1.54) is 37.8 Å². The van der Waals surface area contributed by atoms with Crippen LogP contribution in [0.3, 0.4) is 0 Å². The highest BCUT2D eigenvalue weighted by molar-refractivity contribution is 6.84. The third-order valence-corrected chi connectivity index (χ3v) is 12.9. The number of nitrogens with zero attached hydrogens (tertiary/aromatic N) is 2. The number of hydrogen-bond donors (Lipinski definition) is 0. The zero-order valence-corrected chi connectivity index (χ0v) is 20.2. The highest BCUT2D eigenvalue weighted by atomic mass is 28.3. The normalized spacial score (nSPS) is 20.9. The van der Waals surface area contributed by atoms with Gasteiger partial charge in [-0.2, -0.15) is 5.10 Å². The molecule has 0 bridgehead atoms. The molecular formula is C22H46N2OSi. The van der Waals surface area contributed by atoms with Crippen molar-refractivity contribution in [2.75, 3.05) is 20.3 Å². The SMILES string of the molecule is CCCC[C@@H](C(CC(C)C)=NN1CCC[C@H]1COC)[Si](C)(C)C(C)(C)C. The Balaban J connectivity index is 3.24. The lowest BCUT2D eigenvalue weighted by Crippen LogP contribution is -2.46. The molecule has 0 radical (unpaired) electrons. The first-order valence-corrected chi connectivity index (χ1v) is 13.9. The molecule has 1 saturated heterocycles. The number of unbranched alkanes of at least 4 members (excludes halogenated alkanes) is 1. The van der Waals surface area contributed by atoms with Crippen LogP contribution in [0.2, 0.25) is 23.7 Å². The van der Waals surface area contributed by atoms with Crippen molar-refractivity contribution in [1.82, 2.24) is 5.01 Å². The average molecular weight is 383 g/mol. The van der Waals surface area contributed by atoms with E-state index in [4.69, 9.17) is 9.84 Å². The van der Waals surface area contributed by atoms with Gasteiger partial charge in [-0.05, 0) is 42.2 Å². The zero-order valence-electron chi connectivity index (χ0n) is 19.2. The summed E-state index contributed by atoms with van der Waals surface area (Å²) in [6, 6.07) is 0.466. The summed E-state index contributed by atoms with van der Waals surface area (Å²) < 4.78 is 5.46. The molecule has 0 amide bonds. The predicted octanol–water partition coefficient (Wildman–Crippen LogP) is 6.57. The van der Waals surface area contributed by atoms with Gasteiger partial charge in [-0.15, -0.1) is 0 Å². The molecule has 26 heavy (non-hydrogen) atoms. The quantitative estimate of drug-likeness (QED) is 0.315. The Labute approximate surface area is 165 Å². The summed E-state index contributed by atoms with van der Waals surface area (Å²) in [5.74, 6) is 0.658. The van der Waals surface area contributed by atoms with Crippen molar-refractivity contribution in [3.8, 4) is 0 Å². The summed E-state index contributed by atoms with van der Waals surface area (Å²) in [6.07, 6.45) is 7.49. The van der Waals surface area contributed by atoms with Crippen molar-refractivity contribution >= 4 is 13.8 Å². The highest BCUT2D eigenvalue weighted by Gasteiger charge is 2.44. The Morgan fingerprint density at radius 3 is 2.42 bits per heavy atom. The minimum atomic E-state index is -1.50. The fourth-order valence-electron chi connectivity index (χ4n) is 4.02. The van der Waals surface area contributed by atoms with Crippen molar-refractivity contribution in [1.29, 1.82) is 0 Å². The smallest absolute Gasteiger partial charge is 0.0704 e. The van der Waals surface area contributed by atoms with Gasteiger partial charge in [0.05, 0.1) is 20.7 Å². The first-order valence-electron chi connectivity index (χ1n) is 10.9. The molecule has 0 N–H and O–H groups in total.